The van der Waals surface area contributed by atoms with Crippen molar-refractivity contribution in [3.63, 3.8) is 0 Å². The summed E-state index contributed by atoms with van der Waals surface area (Å²) in [5.41, 5.74) is 1.74. The summed E-state index contributed by atoms with van der Waals surface area (Å²) >= 11 is 12.9. The molecule has 0 radical (unpaired) electrons. The zero-order valence-electron chi connectivity index (χ0n) is 16.0. The molecule has 0 aliphatic carbocycles. The number of pyridine rings is 1. The highest BCUT2D eigenvalue weighted by Crippen LogP contribution is 2.39. The number of hydrogen-bond acceptors (Lipinski definition) is 7. The van der Waals surface area contributed by atoms with E-state index in [0.29, 0.717) is 32.4 Å². The van der Waals surface area contributed by atoms with Crippen molar-refractivity contribution in [3.8, 4) is 16.3 Å². The van der Waals surface area contributed by atoms with E-state index in [-0.39, 0.29) is 21.7 Å². The number of urea groups is 1. The molecule has 2 amide bonds. The lowest BCUT2D eigenvalue weighted by Gasteiger charge is -2.06. The minimum Gasteiger partial charge on any atom is -0.506 e. The van der Waals surface area contributed by atoms with Crippen LogP contribution < -0.4 is 10.6 Å². The minimum atomic E-state index is -0.549. The van der Waals surface area contributed by atoms with Crippen molar-refractivity contribution in [1.29, 1.82) is 0 Å². The lowest BCUT2D eigenvalue weighted by Crippen LogP contribution is -2.19. The first-order valence-electron chi connectivity index (χ1n) is 9.05. The fourth-order valence-corrected chi connectivity index (χ4v) is 3.99. The average Bonchev–Trinajstić information content (AvgIpc) is 3.25. The van der Waals surface area contributed by atoms with Gasteiger partial charge in [-0.25, -0.2) is 4.79 Å². The molecule has 0 atom stereocenters. The predicted molar refractivity (Wildman–Crippen MR) is 124 cm³/mol. The van der Waals surface area contributed by atoms with Crippen LogP contribution in [0.2, 0.25) is 10.0 Å². The summed E-state index contributed by atoms with van der Waals surface area (Å²) in [5.74, 6) is -0.344. The fourth-order valence-electron chi connectivity index (χ4n) is 2.74. The van der Waals surface area contributed by atoms with Crippen LogP contribution in [-0.4, -0.2) is 32.1 Å². The molecule has 8 nitrogen and oxygen atoms in total. The molecule has 2 aromatic heterocycles. The van der Waals surface area contributed by atoms with Gasteiger partial charge in [0.2, 0.25) is 5.13 Å². The zero-order chi connectivity index (χ0) is 22.7. The van der Waals surface area contributed by atoms with E-state index in [1.807, 2.05) is 0 Å². The number of rotatable bonds is 5. The smallest absolute Gasteiger partial charge is 0.325 e. The van der Waals surface area contributed by atoms with E-state index in [9.17, 15) is 14.7 Å². The first-order valence-corrected chi connectivity index (χ1v) is 10.6. The Balaban J connectivity index is 1.41. The lowest BCUT2D eigenvalue weighted by atomic mass is 10.0. The van der Waals surface area contributed by atoms with Gasteiger partial charge in [0, 0.05) is 34.2 Å². The quantitative estimate of drug-likeness (QED) is 0.321. The number of carbonyl (C=O) groups is 2. The van der Waals surface area contributed by atoms with Crippen LogP contribution in [0.15, 0.2) is 60.9 Å². The van der Waals surface area contributed by atoms with Crippen molar-refractivity contribution in [2.45, 2.75) is 0 Å². The zero-order valence-corrected chi connectivity index (χ0v) is 18.4. The van der Waals surface area contributed by atoms with E-state index in [1.165, 1.54) is 18.3 Å². The standard InChI is InChI=1S/C21H13Cl2N5O3S/c22-13-8-15(18(30)16(23)9-13)19-27-28-21(32-19)26-20(31)25-14-5-3-11(4-6-14)17(29)12-2-1-7-24-10-12/h1-10,30H,(H2,25,26,28,31). The number of ketones is 1. The van der Waals surface area contributed by atoms with Gasteiger partial charge in [0.25, 0.3) is 0 Å². The van der Waals surface area contributed by atoms with E-state index >= 15 is 0 Å². The van der Waals surface area contributed by atoms with Crippen LogP contribution in [0.4, 0.5) is 15.6 Å². The molecule has 0 aliphatic heterocycles. The van der Waals surface area contributed by atoms with Gasteiger partial charge in [-0.1, -0.05) is 34.5 Å². The molecule has 0 saturated heterocycles. The number of benzene rings is 2. The number of anilines is 2. The molecule has 0 bridgehead atoms. The topological polar surface area (TPSA) is 117 Å². The molecule has 3 N–H and O–H groups in total. The Hall–Kier alpha value is -3.53. The maximum absolute atomic E-state index is 12.4. The van der Waals surface area contributed by atoms with E-state index in [1.54, 1.807) is 42.6 Å². The summed E-state index contributed by atoms with van der Waals surface area (Å²) in [6.07, 6.45) is 3.09. The van der Waals surface area contributed by atoms with Crippen molar-refractivity contribution < 1.29 is 14.7 Å². The molecule has 2 aromatic carbocycles. The number of aromatic nitrogens is 3. The van der Waals surface area contributed by atoms with Crippen molar-refractivity contribution in [3.05, 3.63) is 82.1 Å². The van der Waals surface area contributed by atoms with Gasteiger partial charge in [-0.3, -0.25) is 15.1 Å². The SMILES string of the molecule is O=C(Nc1ccc(C(=O)c2cccnc2)cc1)Nc1nnc(-c2cc(Cl)cc(Cl)c2O)s1. The van der Waals surface area contributed by atoms with Crippen LogP contribution in [-0.2, 0) is 0 Å². The fraction of sp³-hybridized carbons (Fsp3) is 0. The summed E-state index contributed by atoms with van der Waals surface area (Å²) in [6, 6.07) is 12.2. The average molecular weight is 486 g/mol. The molecule has 11 heteroatoms. The molecule has 0 fully saturated rings. The lowest BCUT2D eigenvalue weighted by molar-refractivity contribution is 0.103. The van der Waals surface area contributed by atoms with Crippen LogP contribution in [0.5, 0.6) is 5.75 Å². The Morgan fingerprint density at radius 3 is 2.47 bits per heavy atom. The molecular formula is C21H13Cl2N5O3S. The highest BCUT2D eigenvalue weighted by molar-refractivity contribution is 7.18. The number of hydrogen-bond donors (Lipinski definition) is 3. The van der Waals surface area contributed by atoms with E-state index in [0.717, 1.165) is 11.3 Å². The number of phenols is 1. The number of aromatic hydroxyl groups is 1. The summed E-state index contributed by atoms with van der Waals surface area (Å²) in [4.78, 5) is 28.7. The van der Waals surface area contributed by atoms with Crippen molar-refractivity contribution in [2.75, 3.05) is 10.6 Å². The monoisotopic (exact) mass is 485 g/mol. The number of halogens is 2. The Kier molecular flexibility index (Phi) is 6.31. The van der Waals surface area contributed by atoms with Crippen molar-refractivity contribution >= 4 is 57.2 Å². The van der Waals surface area contributed by atoms with Crippen LogP contribution >= 0.6 is 34.5 Å². The second-order valence-electron chi connectivity index (χ2n) is 6.42. The largest absolute Gasteiger partial charge is 0.506 e. The third-order valence-corrected chi connectivity index (χ3v) is 5.61. The molecule has 0 unspecified atom stereocenters. The van der Waals surface area contributed by atoms with Gasteiger partial charge in [0.05, 0.1) is 10.6 Å². The van der Waals surface area contributed by atoms with Crippen molar-refractivity contribution in [2.24, 2.45) is 0 Å². The van der Waals surface area contributed by atoms with Gasteiger partial charge >= 0.3 is 6.03 Å². The first-order chi connectivity index (χ1) is 15.4. The number of phenolic OH excluding ortho intramolecular Hbond substituents is 1. The molecular weight excluding hydrogens is 473 g/mol. The van der Waals surface area contributed by atoms with Gasteiger partial charge in [0.15, 0.2) is 10.8 Å². The summed E-state index contributed by atoms with van der Waals surface area (Å²) in [7, 11) is 0. The predicted octanol–water partition coefficient (Wildman–Crippen LogP) is 5.49. The number of amides is 2. The van der Waals surface area contributed by atoms with E-state index in [4.69, 9.17) is 23.2 Å². The summed E-state index contributed by atoms with van der Waals surface area (Å²) in [6.45, 7) is 0. The van der Waals surface area contributed by atoms with Gasteiger partial charge in [0.1, 0.15) is 5.75 Å². The maximum atomic E-state index is 12.4. The van der Waals surface area contributed by atoms with Crippen molar-refractivity contribution in [1.82, 2.24) is 15.2 Å². The normalized spacial score (nSPS) is 10.6. The number of carbonyl (C=O) groups excluding carboxylic acids is 2. The summed E-state index contributed by atoms with van der Waals surface area (Å²) in [5, 5.41) is 24.1. The second kappa shape index (κ2) is 9.31. The molecule has 160 valence electrons. The van der Waals surface area contributed by atoms with E-state index < -0.39 is 6.03 Å². The molecule has 2 heterocycles. The summed E-state index contributed by atoms with van der Waals surface area (Å²) < 4.78 is 0. The molecule has 4 rings (SSSR count). The van der Waals surface area contributed by atoms with Gasteiger partial charge in [-0.2, -0.15) is 0 Å². The molecule has 0 saturated carbocycles. The number of nitrogens with zero attached hydrogens (tertiary/aromatic N) is 3. The highest BCUT2D eigenvalue weighted by Gasteiger charge is 2.16. The Labute approximate surface area is 195 Å². The van der Waals surface area contributed by atoms with E-state index in [2.05, 4.69) is 25.8 Å². The number of nitrogens with one attached hydrogen (secondary N) is 2. The molecule has 0 spiro atoms. The Morgan fingerprint density at radius 2 is 1.75 bits per heavy atom. The van der Waals surface area contributed by atoms with Crippen LogP contribution in [0.25, 0.3) is 10.6 Å². The third-order valence-electron chi connectivity index (χ3n) is 4.23. The second-order valence-corrected chi connectivity index (χ2v) is 8.24. The highest BCUT2D eigenvalue weighted by atomic mass is 35.5. The molecule has 0 aliphatic rings. The van der Waals surface area contributed by atoms with Gasteiger partial charge < -0.3 is 10.4 Å². The maximum Gasteiger partial charge on any atom is 0.325 e. The molecule has 4 aromatic rings. The van der Waals surface area contributed by atoms with Crippen LogP contribution in [0.1, 0.15) is 15.9 Å². The third kappa shape index (κ3) is 4.86. The van der Waals surface area contributed by atoms with Gasteiger partial charge in [-0.15, -0.1) is 10.2 Å². The molecule has 32 heavy (non-hydrogen) atoms. The Bertz CT molecular complexity index is 1300. The van der Waals surface area contributed by atoms with Crippen LogP contribution in [0.3, 0.4) is 0 Å². The minimum absolute atomic E-state index is 0.0837. The Morgan fingerprint density at radius 1 is 0.969 bits per heavy atom. The first kappa shape index (κ1) is 21.7. The van der Waals surface area contributed by atoms with Crippen LogP contribution in [0, 0.1) is 0 Å². The van der Waals surface area contributed by atoms with Gasteiger partial charge in [-0.05, 0) is 48.5 Å².